The Hall–Kier alpha value is -2.54. The molecule has 2 amide bonds. The van der Waals surface area contributed by atoms with E-state index in [4.69, 9.17) is 5.41 Å². The number of carbonyl (C=O) groups excluding carboxylic acids is 2. The van der Waals surface area contributed by atoms with Gasteiger partial charge in [0.15, 0.2) is 0 Å². The van der Waals surface area contributed by atoms with Crippen molar-refractivity contribution >= 4 is 17.8 Å². The Kier molecular flexibility index (Phi) is 4.52. The molecule has 0 radical (unpaired) electrons. The maximum Gasteiger partial charge on any atom is 0.423 e. The molecular weight excluding hydrogens is 224 g/mol. The van der Waals surface area contributed by atoms with Gasteiger partial charge in [0.1, 0.15) is 12.0 Å². The third-order valence-electron chi connectivity index (χ3n) is 1.68. The van der Waals surface area contributed by atoms with Crippen LogP contribution < -0.4 is 15.7 Å². The van der Waals surface area contributed by atoms with E-state index in [9.17, 15) is 14.7 Å². The molecule has 2 heterocycles. The highest BCUT2D eigenvalue weighted by molar-refractivity contribution is 6.00. The number of aromatic nitrogens is 1. The first-order valence-electron chi connectivity index (χ1n) is 4.62. The van der Waals surface area contributed by atoms with Crippen molar-refractivity contribution < 1.29 is 20.0 Å². The fraction of sp³-hybridized carbons (Fsp3) is 0. The molecule has 17 heavy (non-hydrogen) atoms. The number of amidine groups is 1. The fourth-order valence-electron chi connectivity index (χ4n) is 0.936. The van der Waals surface area contributed by atoms with Gasteiger partial charge < -0.3 is 9.90 Å². The van der Waals surface area contributed by atoms with Crippen LogP contribution in [0.4, 0.5) is 4.79 Å². The second-order valence-corrected chi connectivity index (χ2v) is 2.95. The van der Waals surface area contributed by atoms with E-state index in [0.717, 1.165) is 0 Å². The summed E-state index contributed by atoms with van der Waals surface area (Å²) in [4.78, 5) is 24.0. The van der Waals surface area contributed by atoms with Gasteiger partial charge in [-0.25, -0.2) is 10.1 Å². The lowest BCUT2D eigenvalue weighted by atomic mass is 10.3. The molecule has 0 spiro atoms. The summed E-state index contributed by atoms with van der Waals surface area (Å²) in [6, 6.07) is 2.54. The number of carboxylic acids is 1. The van der Waals surface area contributed by atoms with Gasteiger partial charge in [0.2, 0.25) is 0 Å². The topological polar surface area (TPSA) is 123 Å². The summed E-state index contributed by atoms with van der Waals surface area (Å²) in [5.74, 6) is -1.02. The lowest BCUT2D eigenvalue weighted by molar-refractivity contribution is -0.482. The lowest BCUT2D eigenvalue weighted by Gasteiger charge is -2.00. The number of rotatable bonds is 1. The zero-order valence-corrected chi connectivity index (χ0v) is 8.71. The molecule has 0 saturated heterocycles. The monoisotopic (exact) mass is 234 g/mol. The van der Waals surface area contributed by atoms with Crippen molar-refractivity contribution in [1.29, 1.82) is 5.41 Å². The molecule has 88 valence electrons. The summed E-state index contributed by atoms with van der Waals surface area (Å²) in [5, 5.41) is 20.6. The summed E-state index contributed by atoms with van der Waals surface area (Å²) in [6.45, 7) is 0. The van der Waals surface area contributed by atoms with Crippen molar-refractivity contribution in [3.05, 3.63) is 42.4 Å². The van der Waals surface area contributed by atoms with Crippen molar-refractivity contribution in [3.63, 3.8) is 0 Å². The van der Waals surface area contributed by atoms with Crippen molar-refractivity contribution in [2.45, 2.75) is 0 Å². The molecular formula is C10H10N4O3. The predicted molar refractivity (Wildman–Crippen MR) is 55.9 cm³/mol. The lowest BCUT2D eigenvalue weighted by Crippen LogP contribution is -2.87. The SMILES string of the molecule is N=C1C=C[NH2+]C(=O)N1.O=C([O-])c1ccncc1. The summed E-state index contributed by atoms with van der Waals surface area (Å²) < 4.78 is 0. The van der Waals surface area contributed by atoms with Crippen LogP contribution in [0, 0.1) is 5.41 Å². The molecule has 0 aliphatic carbocycles. The van der Waals surface area contributed by atoms with Gasteiger partial charge in [-0.15, -0.1) is 0 Å². The Labute approximate surface area is 96.7 Å². The van der Waals surface area contributed by atoms with Crippen molar-refractivity contribution in [2.75, 3.05) is 0 Å². The van der Waals surface area contributed by atoms with Gasteiger partial charge in [-0.1, -0.05) is 0 Å². The number of pyridine rings is 1. The highest BCUT2D eigenvalue weighted by atomic mass is 16.4. The highest BCUT2D eigenvalue weighted by Crippen LogP contribution is 1.91. The van der Waals surface area contributed by atoms with Gasteiger partial charge in [-0.2, -0.15) is 0 Å². The second kappa shape index (κ2) is 6.13. The van der Waals surface area contributed by atoms with E-state index in [1.807, 2.05) is 0 Å². The molecule has 0 aromatic carbocycles. The Morgan fingerprint density at radius 2 is 2.06 bits per heavy atom. The van der Waals surface area contributed by atoms with Crippen LogP contribution in [-0.4, -0.2) is 22.8 Å². The number of carbonyl (C=O) groups is 2. The zero-order chi connectivity index (χ0) is 12.7. The van der Waals surface area contributed by atoms with Gasteiger partial charge in [0.25, 0.3) is 0 Å². The molecule has 0 fully saturated rings. The van der Waals surface area contributed by atoms with E-state index >= 15 is 0 Å². The first kappa shape index (κ1) is 12.5. The number of nitrogens with one attached hydrogen (secondary N) is 2. The van der Waals surface area contributed by atoms with Gasteiger partial charge in [-0.05, 0) is 12.1 Å². The predicted octanol–water partition coefficient (Wildman–Crippen LogP) is -1.79. The Morgan fingerprint density at radius 3 is 2.41 bits per heavy atom. The van der Waals surface area contributed by atoms with Crippen molar-refractivity contribution in [2.24, 2.45) is 0 Å². The van der Waals surface area contributed by atoms with Crippen molar-refractivity contribution in [3.8, 4) is 0 Å². The number of aromatic carboxylic acids is 1. The number of primary amides is 1. The molecule has 1 aliphatic heterocycles. The van der Waals surface area contributed by atoms with Gasteiger partial charge in [0, 0.05) is 24.0 Å². The normalized spacial score (nSPS) is 13.4. The van der Waals surface area contributed by atoms with Gasteiger partial charge >= 0.3 is 6.03 Å². The number of quaternary nitrogens is 1. The minimum Gasteiger partial charge on any atom is -0.545 e. The van der Waals surface area contributed by atoms with Crippen LogP contribution in [-0.2, 0) is 0 Å². The van der Waals surface area contributed by atoms with Crippen LogP contribution in [0.25, 0.3) is 0 Å². The van der Waals surface area contributed by atoms with E-state index in [2.05, 4.69) is 10.3 Å². The average molecular weight is 234 g/mol. The second-order valence-electron chi connectivity index (χ2n) is 2.95. The van der Waals surface area contributed by atoms with E-state index < -0.39 is 5.97 Å². The number of carboxylic acid groups (broad SMARTS) is 1. The largest absolute Gasteiger partial charge is 0.545 e. The first-order chi connectivity index (χ1) is 8.09. The van der Waals surface area contributed by atoms with Crippen LogP contribution in [0.2, 0.25) is 0 Å². The molecule has 2 rings (SSSR count). The third-order valence-corrected chi connectivity index (χ3v) is 1.68. The van der Waals surface area contributed by atoms with Crippen LogP contribution in [0.15, 0.2) is 36.8 Å². The van der Waals surface area contributed by atoms with Crippen LogP contribution in [0.3, 0.4) is 0 Å². The molecule has 1 aromatic heterocycles. The molecule has 1 aromatic rings. The third kappa shape index (κ3) is 4.67. The number of nitrogens with two attached hydrogens (primary N) is 1. The summed E-state index contributed by atoms with van der Waals surface area (Å²) in [5.41, 5.74) is 0.157. The maximum atomic E-state index is 10.3. The Balaban J connectivity index is 0.000000171. The standard InChI is InChI=1S/C6H5NO2.C4H5N3O/c8-6(9)5-1-3-7-4-2-5;5-3-1-2-6-4(8)7-3/h1-4H,(H,8,9);1-2H,(H3,5,6,7,8). The molecule has 0 atom stereocenters. The number of hydrogen-bond acceptors (Lipinski definition) is 5. The number of urea groups is 1. The van der Waals surface area contributed by atoms with Crippen LogP contribution >= 0.6 is 0 Å². The molecule has 1 aliphatic rings. The quantitative estimate of drug-likeness (QED) is 0.531. The van der Waals surface area contributed by atoms with Gasteiger partial charge in [-0.3, -0.25) is 15.7 Å². The van der Waals surface area contributed by atoms with Gasteiger partial charge in [0.05, 0.1) is 5.97 Å². The highest BCUT2D eigenvalue weighted by Gasteiger charge is 2.07. The smallest absolute Gasteiger partial charge is 0.423 e. The van der Waals surface area contributed by atoms with E-state index in [-0.39, 0.29) is 17.4 Å². The molecule has 0 bridgehead atoms. The maximum absolute atomic E-state index is 10.3. The summed E-state index contributed by atoms with van der Waals surface area (Å²) >= 11 is 0. The van der Waals surface area contributed by atoms with E-state index in [0.29, 0.717) is 0 Å². The fourth-order valence-corrected chi connectivity index (χ4v) is 0.936. The average Bonchev–Trinajstić information content (AvgIpc) is 2.30. The summed E-state index contributed by atoms with van der Waals surface area (Å²) in [6.07, 6.45) is 5.87. The number of amides is 2. The molecule has 0 unspecified atom stereocenters. The van der Waals surface area contributed by atoms with Crippen molar-refractivity contribution in [1.82, 2.24) is 10.3 Å². The molecule has 7 heteroatoms. The number of nitrogens with zero attached hydrogens (tertiary/aromatic N) is 1. The molecule has 7 nitrogen and oxygen atoms in total. The minimum absolute atomic E-state index is 0.150. The minimum atomic E-state index is -1.17. The zero-order valence-electron chi connectivity index (χ0n) is 8.71. The van der Waals surface area contributed by atoms with E-state index in [1.165, 1.54) is 35.9 Å². The Morgan fingerprint density at radius 1 is 1.41 bits per heavy atom. The molecule has 4 N–H and O–H groups in total. The van der Waals surface area contributed by atoms with Crippen LogP contribution in [0.1, 0.15) is 10.4 Å². The first-order valence-corrected chi connectivity index (χ1v) is 4.62. The van der Waals surface area contributed by atoms with E-state index in [1.54, 1.807) is 6.20 Å². The Bertz CT molecular complexity index is 456. The summed E-state index contributed by atoms with van der Waals surface area (Å²) in [7, 11) is 0. The van der Waals surface area contributed by atoms with Crippen LogP contribution in [0.5, 0.6) is 0 Å². The molecule has 0 saturated carbocycles. The number of hydrogen-bond donors (Lipinski definition) is 3.